The van der Waals surface area contributed by atoms with E-state index in [0.717, 1.165) is 0 Å². The molecule has 0 spiro atoms. The van der Waals surface area contributed by atoms with Gasteiger partial charge in [0.15, 0.2) is 0 Å². The summed E-state index contributed by atoms with van der Waals surface area (Å²) in [4.78, 5) is 12.1. The standard InChI is InChI=1S/C13H15ClN4O/c1-8(2)18-12(15)11(7-16-18)13(19)17-10-5-3-9(14)4-6-10/h3-8H,15H2,1-2H3,(H,17,19). The molecule has 0 fully saturated rings. The number of nitrogens with one attached hydrogen (secondary N) is 1. The van der Waals surface area contributed by atoms with Gasteiger partial charge in [-0.1, -0.05) is 11.6 Å². The zero-order valence-electron chi connectivity index (χ0n) is 10.7. The number of nitrogen functional groups attached to an aromatic ring is 1. The van der Waals surface area contributed by atoms with Gasteiger partial charge in [-0.2, -0.15) is 5.10 Å². The van der Waals surface area contributed by atoms with Gasteiger partial charge in [0.2, 0.25) is 0 Å². The van der Waals surface area contributed by atoms with Crippen LogP contribution >= 0.6 is 11.6 Å². The lowest BCUT2D eigenvalue weighted by Crippen LogP contribution is -2.14. The van der Waals surface area contributed by atoms with Gasteiger partial charge in [0.1, 0.15) is 11.4 Å². The minimum Gasteiger partial charge on any atom is -0.383 e. The minimum absolute atomic E-state index is 0.108. The van der Waals surface area contributed by atoms with Crippen molar-refractivity contribution in [3.05, 3.63) is 41.0 Å². The van der Waals surface area contributed by atoms with Crippen LogP contribution < -0.4 is 11.1 Å². The third kappa shape index (κ3) is 2.88. The molecule has 0 saturated carbocycles. The molecule has 1 aromatic heterocycles. The number of aromatic nitrogens is 2. The van der Waals surface area contributed by atoms with E-state index in [2.05, 4.69) is 10.4 Å². The van der Waals surface area contributed by atoms with Crippen LogP contribution in [0.5, 0.6) is 0 Å². The first-order valence-electron chi connectivity index (χ1n) is 5.89. The van der Waals surface area contributed by atoms with Gasteiger partial charge < -0.3 is 11.1 Å². The smallest absolute Gasteiger partial charge is 0.261 e. The van der Waals surface area contributed by atoms with Gasteiger partial charge in [0, 0.05) is 16.8 Å². The minimum atomic E-state index is -0.285. The maximum atomic E-state index is 12.1. The fourth-order valence-corrected chi connectivity index (χ4v) is 1.82. The SMILES string of the molecule is CC(C)n1ncc(C(=O)Nc2ccc(Cl)cc2)c1N. The Labute approximate surface area is 116 Å². The zero-order valence-corrected chi connectivity index (χ0v) is 11.5. The first-order valence-corrected chi connectivity index (χ1v) is 6.26. The number of carbonyl (C=O) groups excluding carboxylic acids is 1. The molecule has 1 amide bonds. The van der Waals surface area contributed by atoms with Crippen molar-refractivity contribution in [2.75, 3.05) is 11.1 Å². The van der Waals surface area contributed by atoms with E-state index in [9.17, 15) is 4.79 Å². The topological polar surface area (TPSA) is 72.9 Å². The number of halogens is 1. The van der Waals surface area contributed by atoms with Crippen LogP contribution in [0.2, 0.25) is 5.02 Å². The van der Waals surface area contributed by atoms with Gasteiger partial charge in [0.05, 0.1) is 6.20 Å². The maximum absolute atomic E-state index is 12.1. The maximum Gasteiger partial charge on any atom is 0.261 e. The first-order chi connectivity index (χ1) is 8.99. The third-order valence-corrected chi connectivity index (χ3v) is 2.92. The Morgan fingerprint density at radius 1 is 1.37 bits per heavy atom. The quantitative estimate of drug-likeness (QED) is 0.906. The Balaban J connectivity index is 2.18. The summed E-state index contributed by atoms with van der Waals surface area (Å²) in [5.41, 5.74) is 6.92. The van der Waals surface area contributed by atoms with Gasteiger partial charge in [-0.25, -0.2) is 4.68 Å². The molecule has 0 saturated heterocycles. The molecule has 0 aliphatic heterocycles. The molecule has 0 aliphatic carbocycles. The predicted octanol–water partition coefficient (Wildman–Crippen LogP) is 2.95. The first kappa shape index (κ1) is 13.4. The Morgan fingerprint density at radius 3 is 2.53 bits per heavy atom. The second-order valence-corrected chi connectivity index (χ2v) is 4.88. The van der Waals surface area contributed by atoms with Crippen LogP contribution in [-0.2, 0) is 0 Å². The van der Waals surface area contributed by atoms with Crippen molar-refractivity contribution >= 4 is 29.0 Å². The van der Waals surface area contributed by atoms with E-state index >= 15 is 0 Å². The van der Waals surface area contributed by atoms with Gasteiger partial charge in [-0.3, -0.25) is 4.79 Å². The Hall–Kier alpha value is -2.01. The van der Waals surface area contributed by atoms with Crippen molar-refractivity contribution in [3.63, 3.8) is 0 Å². The van der Waals surface area contributed by atoms with E-state index in [1.54, 1.807) is 28.9 Å². The second-order valence-electron chi connectivity index (χ2n) is 4.44. The largest absolute Gasteiger partial charge is 0.383 e. The summed E-state index contributed by atoms with van der Waals surface area (Å²) >= 11 is 5.78. The number of hydrogen-bond donors (Lipinski definition) is 2. The molecule has 1 aromatic carbocycles. The fourth-order valence-electron chi connectivity index (χ4n) is 1.69. The van der Waals surface area contributed by atoms with Crippen LogP contribution in [-0.4, -0.2) is 15.7 Å². The highest BCUT2D eigenvalue weighted by molar-refractivity contribution is 6.30. The summed E-state index contributed by atoms with van der Waals surface area (Å²) in [5, 5.41) is 7.47. The lowest BCUT2D eigenvalue weighted by atomic mass is 10.2. The van der Waals surface area contributed by atoms with E-state index in [-0.39, 0.29) is 11.9 Å². The fraction of sp³-hybridized carbons (Fsp3) is 0.231. The lowest BCUT2D eigenvalue weighted by Gasteiger charge is -2.08. The lowest BCUT2D eigenvalue weighted by molar-refractivity contribution is 0.102. The molecule has 1 heterocycles. The zero-order chi connectivity index (χ0) is 14.0. The highest BCUT2D eigenvalue weighted by atomic mass is 35.5. The summed E-state index contributed by atoms with van der Waals surface area (Å²) < 4.78 is 1.61. The van der Waals surface area contributed by atoms with E-state index in [4.69, 9.17) is 17.3 Å². The average Bonchev–Trinajstić information content (AvgIpc) is 2.74. The summed E-state index contributed by atoms with van der Waals surface area (Å²) in [6.45, 7) is 3.90. The number of amides is 1. The molecule has 3 N–H and O–H groups in total. The summed E-state index contributed by atoms with van der Waals surface area (Å²) in [6, 6.07) is 6.97. The molecule has 2 rings (SSSR count). The van der Waals surface area contributed by atoms with Gasteiger partial charge in [0.25, 0.3) is 5.91 Å². The van der Waals surface area contributed by atoms with Crippen molar-refractivity contribution in [3.8, 4) is 0 Å². The predicted molar refractivity (Wildman–Crippen MR) is 76.4 cm³/mol. The molecule has 0 bridgehead atoms. The number of nitrogens with zero attached hydrogens (tertiary/aromatic N) is 2. The van der Waals surface area contributed by atoms with Crippen LogP contribution in [0.3, 0.4) is 0 Å². The molecule has 19 heavy (non-hydrogen) atoms. The monoisotopic (exact) mass is 278 g/mol. The number of hydrogen-bond acceptors (Lipinski definition) is 3. The Morgan fingerprint density at radius 2 is 2.00 bits per heavy atom. The van der Waals surface area contributed by atoms with Crippen LogP contribution in [0.1, 0.15) is 30.2 Å². The van der Waals surface area contributed by atoms with E-state index in [0.29, 0.717) is 22.1 Å². The summed E-state index contributed by atoms with van der Waals surface area (Å²) in [7, 11) is 0. The van der Waals surface area contributed by atoms with Crippen LogP contribution in [0.25, 0.3) is 0 Å². The molecular weight excluding hydrogens is 264 g/mol. The second kappa shape index (κ2) is 5.32. The van der Waals surface area contributed by atoms with Gasteiger partial charge >= 0.3 is 0 Å². The molecule has 0 unspecified atom stereocenters. The van der Waals surface area contributed by atoms with Crippen molar-refractivity contribution in [2.45, 2.75) is 19.9 Å². The van der Waals surface area contributed by atoms with Crippen molar-refractivity contribution in [2.24, 2.45) is 0 Å². The third-order valence-electron chi connectivity index (χ3n) is 2.67. The van der Waals surface area contributed by atoms with E-state index in [1.807, 2.05) is 13.8 Å². The summed E-state index contributed by atoms with van der Waals surface area (Å²) in [5.74, 6) is 0.0770. The van der Waals surface area contributed by atoms with Crippen molar-refractivity contribution in [1.29, 1.82) is 0 Å². The molecule has 5 nitrogen and oxygen atoms in total. The number of benzene rings is 1. The number of anilines is 2. The van der Waals surface area contributed by atoms with Crippen molar-refractivity contribution in [1.82, 2.24) is 9.78 Å². The van der Waals surface area contributed by atoms with Crippen LogP contribution in [0, 0.1) is 0 Å². The highest BCUT2D eigenvalue weighted by Crippen LogP contribution is 2.19. The van der Waals surface area contributed by atoms with Gasteiger partial charge in [-0.05, 0) is 38.1 Å². The highest BCUT2D eigenvalue weighted by Gasteiger charge is 2.16. The molecule has 100 valence electrons. The summed E-state index contributed by atoms with van der Waals surface area (Å²) in [6.07, 6.45) is 1.47. The molecule has 2 aromatic rings. The van der Waals surface area contributed by atoms with Gasteiger partial charge in [-0.15, -0.1) is 0 Å². The molecule has 0 radical (unpaired) electrons. The molecule has 6 heteroatoms. The van der Waals surface area contributed by atoms with E-state index < -0.39 is 0 Å². The normalized spacial score (nSPS) is 10.7. The average molecular weight is 279 g/mol. The number of nitrogens with two attached hydrogens (primary N) is 1. The number of rotatable bonds is 3. The number of carbonyl (C=O) groups is 1. The van der Waals surface area contributed by atoms with Crippen LogP contribution in [0.4, 0.5) is 11.5 Å². The van der Waals surface area contributed by atoms with E-state index in [1.165, 1.54) is 6.20 Å². The van der Waals surface area contributed by atoms with Crippen molar-refractivity contribution < 1.29 is 4.79 Å². The molecular formula is C13H15ClN4O. The molecule has 0 atom stereocenters. The Bertz CT molecular complexity index is 589. The Kier molecular flexibility index (Phi) is 3.76. The molecule has 0 aliphatic rings. The van der Waals surface area contributed by atoms with Crippen LogP contribution in [0.15, 0.2) is 30.5 Å².